The van der Waals surface area contributed by atoms with Crippen LogP contribution in [-0.2, 0) is 0 Å². The Morgan fingerprint density at radius 3 is 2.69 bits per heavy atom. The van der Waals surface area contributed by atoms with Crippen LogP contribution in [0.15, 0.2) is 28.9 Å². The summed E-state index contributed by atoms with van der Waals surface area (Å²) in [5.74, 6) is 0.179. The van der Waals surface area contributed by atoms with Crippen LogP contribution in [0.2, 0.25) is 0 Å². The van der Waals surface area contributed by atoms with Crippen molar-refractivity contribution < 1.29 is 4.42 Å². The summed E-state index contributed by atoms with van der Waals surface area (Å²) in [6.07, 6.45) is 1.54. The fourth-order valence-electron chi connectivity index (χ4n) is 1.71. The number of hydrogen-bond donors (Lipinski definition) is 1. The number of nitrogens with two attached hydrogens (primary N) is 1. The number of furan rings is 1. The lowest BCUT2D eigenvalue weighted by atomic mass is 9.98. The predicted molar refractivity (Wildman–Crippen MR) is 62.7 cm³/mol. The molecule has 0 atom stereocenters. The van der Waals surface area contributed by atoms with Crippen molar-refractivity contribution in [3.63, 3.8) is 0 Å². The van der Waals surface area contributed by atoms with E-state index in [0.29, 0.717) is 5.56 Å². The Kier molecular flexibility index (Phi) is 2.41. The third-order valence-electron chi connectivity index (χ3n) is 2.61. The topological polar surface area (TPSA) is 62.9 Å². The van der Waals surface area contributed by atoms with Gasteiger partial charge in [-0.2, -0.15) is 5.26 Å². The number of benzene rings is 1. The number of nitrogens with zero attached hydrogens (tertiary/aromatic N) is 1. The van der Waals surface area contributed by atoms with Gasteiger partial charge < -0.3 is 10.2 Å². The Morgan fingerprint density at radius 1 is 1.25 bits per heavy atom. The molecule has 3 nitrogen and oxygen atoms in total. The van der Waals surface area contributed by atoms with Gasteiger partial charge in [0.1, 0.15) is 17.9 Å². The third kappa shape index (κ3) is 1.55. The van der Waals surface area contributed by atoms with E-state index in [9.17, 15) is 0 Å². The zero-order valence-electron chi connectivity index (χ0n) is 9.24. The second kappa shape index (κ2) is 3.74. The fourth-order valence-corrected chi connectivity index (χ4v) is 1.71. The van der Waals surface area contributed by atoms with Crippen molar-refractivity contribution in [2.24, 2.45) is 0 Å². The van der Waals surface area contributed by atoms with E-state index < -0.39 is 0 Å². The van der Waals surface area contributed by atoms with Gasteiger partial charge in [0.05, 0.1) is 0 Å². The molecule has 0 aliphatic rings. The minimum Gasteiger partial charge on any atom is -0.447 e. The molecule has 0 saturated heterocycles. The van der Waals surface area contributed by atoms with E-state index in [0.717, 1.165) is 22.3 Å². The second-order valence-corrected chi connectivity index (χ2v) is 3.82. The molecule has 1 heterocycles. The summed E-state index contributed by atoms with van der Waals surface area (Å²) >= 11 is 0. The number of aryl methyl sites for hydroxylation is 2. The molecule has 0 unspecified atom stereocenters. The smallest absolute Gasteiger partial charge is 0.208 e. The minimum atomic E-state index is 0.179. The molecule has 80 valence electrons. The van der Waals surface area contributed by atoms with Crippen LogP contribution in [0.1, 0.15) is 16.7 Å². The molecule has 0 amide bonds. The van der Waals surface area contributed by atoms with Crippen LogP contribution in [0.4, 0.5) is 5.88 Å². The van der Waals surface area contributed by atoms with Crippen molar-refractivity contribution in [2.45, 2.75) is 13.8 Å². The monoisotopic (exact) mass is 212 g/mol. The Hall–Kier alpha value is -2.21. The highest BCUT2D eigenvalue weighted by Gasteiger charge is 2.14. The molecule has 0 bridgehead atoms. The maximum atomic E-state index is 9.02. The largest absolute Gasteiger partial charge is 0.447 e. The summed E-state index contributed by atoms with van der Waals surface area (Å²) in [5.41, 5.74) is 10.0. The molecule has 3 heteroatoms. The number of nitriles is 1. The van der Waals surface area contributed by atoms with Crippen LogP contribution in [-0.4, -0.2) is 0 Å². The van der Waals surface area contributed by atoms with Gasteiger partial charge in [0.15, 0.2) is 0 Å². The van der Waals surface area contributed by atoms with Crippen LogP contribution in [0.25, 0.3) is 11.1 Å². The summed E-state index contributed by atoms with van der Waals surface area (Å²) in [6.45, 7) is 4.01. The number of anilines is 1. The minimum absolute atomic E-state index is 0.179. The Morgan fingerprint density at radius 2 is 2.00 bits per heavy atom. The first kappa shape index (κ1) is 10.3. The number of hydrogen-bond acceptors (Lipinski definition) is 3. The van der Waals surface area contributed by atoms with Gasteiger partial charge in [0.2, 0.25) is 5.88 Å². The molecule has 1 aromatic heterocycles. The normalized spacial score (nSPS) is 10.1. The molecule has 0 saturated carbocycles. The van der Waals surface area contributed by atoms with E-state index >= 15 is 0 Å². The van der Waals surface area contributed by atoms with Gasteiger partial charge in [-0.25, -0.2) is 0 Å². The Balaban J connectivity index is 2.68. The average molecular weight is 212 g/mol. The molecule has 1 aromatic carbocycles. The van der Waals surface area contributed by atoms with Gasteiger partial charge in [-0.15, -0.1) is 0 Å². The highest BCUT2D eigenvalue weighted by atomic mass is 16.3. The van der Waals surface area contributed by atoms with Gasteiger partial charge in [-0.3, -0.25) is 0 Å². The molecule has 0 radical (unpaired) electrons. The molecule has 0 aliphatic heterocycles. The lowest BCUT2D eigenvalue weighted by Gasteiger charge is -2.04. The van der Waals surface area contributed by atoms with Crippen LogP contribution in [0, 0.1) is 25.2 Å². The summed E-state index contributed by atoms with van der Waals surface area (Å²) in [4.78, 5) is 0. The van der Waals surface area contributed by atoms with E-state index in [2.05, 4.69) is 6.07 Å². The van der Waals surface area contributed by atoms with Crippen molar-refractivity contribution >= 4 is 5.88 Å². The summed E-state index contributed by atoms with van der Waals surface area (Å²) in [5, 5.41) is 9.02. The molecule has 2 N–H and O–H groups in total. The van der Waals surface area contributed by atoms with Gasteiger partial charge in [0, 0.05) is 5.56 Å². The average Bonchev–Trinajstić information content (AvgIpc) is 2.63. The summed E-state index contributed by atoms with van der Waals surface area (Å²) in [7, 11) is 0. The van der Waals surface area contributed by atoms with E-state index in [1.165, 1.54) is 6.26 Å². The van der Waals surface area contributed by atoms with Gasteiger partial charge in [-0.1, -0.05) is 23.8 Å². The first-order valence-corrected chi connectivity index (χ1v) is 4.98. The van der Waals surface area contributed by atoms with E-state index in [1.54, 1.807) is 0 Å². The molecule has 2 rings (SSSR count). The Labute approximate surface area is 94.1 Å². The summed E-state index contributed by atoms with van der Waals surface area (Å²) < 4.78 is 5.09. The highest BCUT2D eigenvalue weighted by molar-refractivity contribution is 5.77. The molecular weight excluding hydrogens is 200 g/mol. The zero-order chi connectivity index (χ0) is 11.7. The number of nitrogen functional groups attached to an aromatic ring is 1. The molecule has 2 aromatic rings. The molecule has 0 spiro atoms. The lowest BCUT2D eigenvalue weighted by molar-refractivity contribution is 0.588. The van der Waals surface area contributed by atoms with Gasteiger partial charge in [0.25, 0.3) is 0 Å². The van der Waals surface area contributed by atoms with Crippen molar-refractivity contribution in [3.05, 3.63) is 41.2 Å². The van der Waals surface area contributed by atoms with Gasteiger partial charge >= 0.3 is 0 Å². The zero-order valence-corrected chi connectivity index (χ0v) is 9.24. The fraction of sp³-hybridized carbons (Fsp3) is 0.154. The second-order valence-electron chi connectivity index (χ2n) is 3.82. The standard InChI is InChI=1S/C13H12N2O/c1-8-3-4-9(2)10(5-8)12-7-16-13(15)11(12)6-14/h3-5,7H,15H2,1-2H3. The van der Waals surface area contributed by atoms with Gasteiger partial charge in [-0.05, 0) is 25.0 Å². The number of rotatable bonds is 1. The van der Waals surface area contributed by atoms with Crippen LogP contribution >= 0.6 is 0 Å². The lowest BCUT2D eigenvalue weighted by Crippen LogP contribution is -1.88. The third-order valence-corrected chi connectivity index (χ3v) is 2.61. The van der Waals surface area contributed by atoms with E-state index in [-0.39, 0.29) is 5.88 Å². The summed E-state index contributed by atoms with van der Waals surface area (Å²) in [6, 6.07) is 8.16. The van der Waals surface area contributed by atoms with E-state index in [1.807, 2.05) is 32.0 Å². The quantitative estimate of drug-likeness (QED) is 0.790. The maximum Gasteiger partial charge on any atom is 0.208 e. The molecule has 0 fully saturated rings. The van der Waals surface area contributed by atoms with Crippen molar-refractivity contribution in [3.8, 4) is 17.2 Å². The highest BCUT2D eigenvalue weighted by Crippen LogP contribution is 2.31. The Bertz CT molecular complexity index is 576. The van der Waals surface area contributed by atoms with Crippen molar-refractivity contribution in [1.29, 1.82) is 5.26 Å². The molecular formula is C13H12N2O. The van der Waals surface area contributed by atoms with E-state index in [4.69, 9.17) is 15.4 Å². The van der Waals surface area contributed by atoms with Crippen LogP contribution in [0.5, 0.6) is 0 Å². The first-order chi connectivity index (χ1) is 7.63. The maximum absolute atomic E-state index is 9.02. The van der Waals surface area contributed by atoms with Crippen molar-refractivity contribution in [1.82, 2.24) is 0 Å². The molecule has 0 aliphatic carbocycles. The van der Waals surface area contributed by atoms with Crippen LogP contribution in [0.3, 0.4) is 0 Å². The van der Waals surface area contributed by atoms with Crippen LogP contribution < -0.4 is 5.73 Å². The molecule has 16 heavy (non-hydrogen) atoms. The first-order valence-electron chi connectivity index (χ1n) is 4.98. The SMILES string of the molecule is Cc1ccc(C)c(-c2coc(N)c2C#N)c1. The predicted octanol–water partition coefficient (Wildman–Crippen LogP) is 3.02. The van der Waals surface area contributed by atoms with Crippen molar-refractivity contribution in [2.75, 3.05) is 5.73 Å².